The maximum Gasteiger partial charge on any atom is 0.0721 e. The molecule has 0 unspecified atom stereocenters. The lowest BCUT2D eigenvalue weighted by Gasteiger charge is -2.19. The van der Waals surface area contributed by atoms with Gasteiger partial charge in [-0.2, -0.15) is 0 Å². The fraction of sp³-hybridized carbons (Fsp3) is 1.00. The average Bonchev–Trinajstić information content (AvgIpc) is 2.43. The third-order valence-corrected chi connectivity index (χ3v) is 2.46. The third kappa shape index (κ3) is 1.70. The first-order valence-corrected chi connectivity index (χ1v) is 4.11. The lowest BCUT2D eigenvalue weighted by atomic mass is 10.0. The molecule has 0 spiro atoms. The number of nitrogens with two attached hydrogens (primary N) is 1. The van der Waals surface area contributed by atoms with Crippen molar-refractivity contribution in [1.82, 2.24) is 0 Å². The Morgan fingerprint density at radius 1 is 1.50 bits per heavy atom. The second-order valence-corrected chi connectivity index (χ2v) is 3.05. The van der Waals surface area contributed by atoms with Crippen LogP contribution in [0.4, 0.5) is 0 Å². The van der Waals surface area contributed by atoms with Crippen molar-refractivity contribution in [3.63, 3.8) is 0 Å². The van der Waals surface area contributed by atoms with Gasteiger partial charge in [-0.15, -0.1) is 0 Å². The molecule has 1 saturated carbocycles. The normalized spacial score (nSPS) is 23.4. The van der Waals surface area contributed by atoms with Crippen molar-refractivity contribution in [2.24, 2.45) is 11.7 Å². The van der Waals surface area contributed by atoms with Gasteiger partial charge in [0.05, 0.1) is 6.10 Å². The highest BCUT2D eigenvalue weighted by atomic mass is 16.5. The van der Waals surface area contributed by atoms with Crippen LogP contribution in [0, 0.1) is 5.92 Å². The minimum Gasteiger partial charge on any atom is -0.380 e. The van der Waals surface area contributed by atoms with E-state index in [-0.39, 0.29) is 0 Å². The smallest absolute Gasteiger partial charge is 0.0721 e. The van der Waals surface area contributed by atoms with Gasteiger partial charge < -0.3 is 10.5 Å². The number of rotatable bonds is 3. The van der Waals surface area contributed by atoms with E-state index in [1.807, 2.05) is 0 Å². The van der Waals surface area contributed by atoms with Crippen molar-refractivity contribution in [3.05, 3.63) is 0 Å². The molecule has 2 N–H and O–H groups in total. The van der Waals surface area contributed by atoms with Gasteiger partial charge in [-0.3, -0.25) is 0 Å². The minimum atomic E-state index is 0.322. The van der Waals surface area contributed by atoms with Gasteiger partial charge >= 0.3 is 0 Å². The van der Waals surface area contributed by atoms with Gasteiger partial charge in [0, 0.05) is 13.7 Å². The molecule has 0 aliphatic heterocycles. The zero-order valence-corrected chi connectivity index (χ0v) is 6.68. The minimum absolute atomic E-state index is 0.322. The van der Waals surface area contributed by atoms with E-state index in [4.69, 9.17) is 10.5 Å². The van der Waals surface area contributed by atoms with Crippen LogP contribution in [-0.4, -0.2) is 19.8 Å². The number of hydrogen-bond acceptors (Lipinski definition) is 2. The average molecular weight is 143 g/mol. The van der Waals surface area contributed by atoms with Gasteiger partial charge in [-0.25, -0.2) is 0 Å². The summed E-state index contributed by atoms with van der Waals surface area (Å²) < 4.78 is 5.26. The molecule has 1 atom stereocenters. The summed E-state index contributed by atoms with van der Waals surface area (Å²) in [7, 11) is 1.76. The summed E-state index contributed by atoms with van der Waals surface area (Å²) in [5, 5.41) is 0. The van der Waals surface area contributed by atoms with Gasteiger partial charge in [0.25, 0.3) is 0 Å². The van der Waals surface area contributed by atoms with E-state index in [2.05, 4.69) is 0 Å². The molecular weight excluding hydrogens is 126 g/mol. The molecule has 2 heteroatoms. The van der Waals surface area contributed by atoms with Crippen molar-refractivity contribution >= 4 is 0 Å². The molecule has 0 heterocycles. The summed E-state index contributed by atoms with van der Waals surface area (Å²) in [5.74, 6) is 0.745. The fourth-order valence-electron chi connectivity index (χ4n) is 1.81. The van der Waals surface area contributed by atoms with Gasteiger partial charge in [0.2, 0.25) is 0 Å². The van der Waals surface area contributed by atoms with E-state index in [0.717, 1.165) is 5.92 Å². The Balaban J connectivity index is 2.29. The molecule has 1 rings (SSSR count). The van der Waals surface area contributed by atoms with E-state index in [0.29, 0.717) is 12.6 Å². The largest absolute Gasteiger partial charge is 0.380 e. The molecule has 0 aromatic carbocycles. The highest BCUT2D eigenvalue weighted by Gasteiger charge is 2.23. The topological polar surface area (TPSA) is 35.2 Å². The molecule has 0 saturated heterocycles. The first-order chi connectivity index (χ1) is 4.88. The highest BCUT2D eigenvalue weighted by Crippen LogP contribution is 2.28. The summed E-state index contributed by atoms with van der Waals surface area (Å²) in [4.78, 5) is 0. The van der Waals surface area contributed by atoms with Crippen LogP contribution in [0.3, 0.4) is 0 Å². The van der Waals surface area contributed by atoms with Crippen LogP contribution in [0.25, 0.3) is 0 Å². The number of hydrogen-bond donors (Lipinski definition) is 1. The second-order valence-electron chi connectivity index (χ2n) is 3.05. The SMILES string of the molecule is CO[C@@H](CN)C1CCCC1. The van der Waals surface area contributed by atoms with Crippen molar-refractivity contribution in [3.8, 4) is 0 Å². The van der Waals surface area contributed by atoms with E-state index in [9.17, 15) is 0 Å². The van der Waals surface area contributed by atoms with Crippen LogP contribution in [-0.2, 0) is 4.74 Å². The molecular formula is C8H17NO. The summed E-state index contributed by atoms with van der Waals surface area (Å²) >= 11 is 0. The molecule has 0 aromatic heterocycles. The van der Waals surface area contributed by atoms with Crippen molar-refractivity contribution in [1.29, 1.82) is 0 Å². The Labute approximate surface area is 62.7 Å². The lowest BCUT2D eigenvalue weighted by molar-refractivity contribution is 0.0613. The third-order valence-electron chi connectivity index (χ3n) is 2.46. The molecule has 1 aliphatic carbocycles. The first-order valence-electron chi connectivity index (χ1n) is 4.11. The number of methoxy groups -OCH3 is 1. The molecule has 1 fully saturated rings. The summed E-state index contributed by atoms with van der Waals surface area (Å²) in [5.41, 5.74) is 5.54. The molecule has 2 nitrogen and oxygen atoms in total. The van der Waals surface area contributed by atoms with Crippen molar-refractivity contribution < 1.29 is 4.74 Å². The van der Waals surface area contributed by atoms with Gasteiger partial charge in [0.1, 0.15) is 0 Å². The highest BCUT2D eigenvalue weighted by molar-refractivity contribution is 4.75. The Hall–Kier alpha value is -0.0800. The molecule has 0 amide bonds. The van der Waals surface area contributed by atoms with Crippen LogP contribution in [0.15, 0.2) is 0 Å². The molecule has 0 aromatic rings. The van der Waals surface area contributed by atoms with E-state index >= 15 is 0 Å². The molecule has 1 aliphatic rings. The van der Waals surface area contributed by atoms with Crippen LogP contribution in [0.1, 0.15) is 25.7 Å². The standard InChI is InChI=1S/C8H17NO/c1-10-8(6-9)7-4-2-3-5-7/h7-8H,2-6,9H2,1H3/t8-/m0/s1. The summed E-state index contributed by atoms with van der Waals surface area (Å²) in [6.07, 6.45) is 5.68. The Kier molecular flexibility index (Phi) is 3.16. The second kappa shape index (κ2) is 3.94. The number of ether oxygens (including phenoxy) is 1. The van der Waals surface area contributed by atoms with Gasteiger partial charge in [-0.1, -0.05) is 12.8 Å². The zero-order chi connectivity index (χ0) is 7.40. The van der Waals surface area contributed by atoms with E-state index in [1.165, 1.54) is 25.7 Å². The van der Waals surface area contributed by atoms with Crippen molar-refractivity contribution in [2.75, 3.05) is 13.7 Å². The van der Waals surface area contributed by atoms with E-state index in [1.54, 1.807) is 7.11 Å². The molecule has 60 valence electrons. The predicted molar refractivity (Wildman–Crippen MR) is 41.8 cm³/mol. The zero-order valence-electron chi connectivity index (χ0n) is 6.68. The maximum atomic E-state index is 5.54. The molecule has 10 heavy (non-hydrogen) atoms. The summed E-state index contributed by atoms with van der Waals surface area (Å²) in [6, 6.07) is 0. The van der Waals surface area contributed by atoms with E-state index < -0.39 is 0 Å². The van der Waals surface area contributed by atoms with Gasteiger partial charge in [-0.05, 0) is 18.8 Å². The Morgan fingerprint density at radius 3 is 2.50 bits per heavy atom. The monoisotopic (exact) mass is 143 g/mol. The van der Waals surface area contributed by atoms with Crippen LogP contribution < -0.4 is 5.73 Å². The lowest BCUT2D eigenvalue weighted by Crippen LogP contribution is -2.29. The molecule has 0 radical (unpaired) electrons. The summed E-state index contributed by atoms with van der Waals surface area (Å²) in [6.45, 7) is 0.682. The fourth-order valence-corrected chi connectivity index (χ4v) is 1.81. The Morgan fingerprint density at radius 2 is 2.10 bits per heavy atom. The van der Waals surface area contributed by atoms with Crippen LogP contribution in [0.2, 0.25) is 0 Å². The van der Waals surface area contributed by atoms with Crippen LogP contribution in [0.5, 0.6) is 0 Å². The quantitative estimate of drug-likeness (QED) is 0.643. The first kappa shape index (κ1) is 8.02. The Bertz CT molecular complexity index is 85.3. The molecule has 0 bridgehead atoms. The van der Waals surface area contributed by atoms with Crippen molar-refractivity contribution in [2.45, 2.75) is 31.8 Å². The maximum absolute atomic E-state index is 5.54. The predicted octanol–water partition coefficient (Wildman–Crippen LogP) is 1.15. The van der Waals surface area contributed by atoms with Gasteiger partial charge in [0.15, 0.2) is 0 Å². The van der Waals surface area contributed by atoms with Crippen LogP contribution >= 0.6 is 0 Å².